The fourth-order valence-corrected chi connectivity index (χ4v) is 4.73. The van der Waals surface area contributed by atoms with E-state index >= 15 is 0 Å². The number of allylic oxidation sites excluding steroid dienone is 2. The number of hydrogen-bond donors (Lipinski definition) is 1. The number of quaternary nitrogens is 1. The second-order valence-corrected chi connectivity index (χ2v) is 10.5. The van der Waals surface area contributed by atoms with Crippen molar-refractivity contribution in [1.82, 2.24) is 5.32 Å². The molecular formula is C30H61N2+. The molecule has 0 aliphatic carbocycles. The van der Waals surface area contributed by atoms with E-state index in [1.165, 1.54) is 129 Å². The summed E-state index contributed by atoms with van der Waals surface area (Å²) < 4.78 is 1.08. The molecule has 0 saturated carbocycles. The molecule has 2 heteroatoms. The molecule has 1 atom stereocenters. The predicted octanol–water partition coefficient (Wildman–Crippen LogP) is 9.17. The van der Waals surface area contributed by atoms with E-state index in [0.29, 0.717) is 6.17 Å². The zero-order valence-electron chi connectivity index (χ0n) is 22.8. The van der Waals surface area contributed by atoms with Crippen LogP contribution in [0.2, 0.25) is 0 Å². The van der Waals surface area contributed by atoms with Crippen molar-refractivity contribution in [3.63, 3.8) is 0 Å². The third-order valence-electron chi connectivity index (χ3n) is 6.97. The Balaban J connectivity index is 3.39. The molecule has 0 bridgehead atoms. The molecule has 0 rings (SSSR count). The van der Waals surface area contributed by atoms with E-state index in [1.807, 2.05) is 6.08 Å². The minimum absolute atomic E-state index is 0.545. The molecule has 0 aliphatic heterocycles. The molecule has 32 heavy (non-hydrogen) atoms. The molecule has 0 aliphatic rings. The SMILES string of the molecule is C=CCNC(CC)[N+](C)(C)CCCCCCCCCCCC/C=C\CCCCCCCC. The van der Waals surface area contributed by atoms with Crippen LogP contribution < -0.4 is 5.32 Å². The lowest BCUT2D eigenvalue weighted by Crippen LogP contribution is -2.56. The summed E-state index contributed by atoms with van der Waals surface area (Å²) in [5, 5.41) is 3.62. The van der Waals surface area contributed by atoms with Gasteiger partial charge in [-0.2, -0.15) is 0 Å². The van der Waals surface area contributed by atoms with Crippen LogP contribution in [0.3, 0.4) is 0 Å². The average molecular weight is 450 g/mol. The Kier molecular flexibility index (Phi) is 23.1. The quantitative estimate of drug-likeness (QED) is 0.0634. The second kappa shape index (κ2) is 23.6. The smallest absolute Gasteiger partial charge is 0.142 e. The number of unbranched alkanes of at least 4 members (excludes halogenated alkanes) is 16. The van der Waals surface area contributed by atoms with Crippen molar-refractivity contribution in [3.8, 4) is 0 Å². The molecule has 0 spiro atoms. The molecule has 0 fully saturated rings. The van der Waals surface area contributed by atoms with E-state index in [4.69, 9.17) is 0 Å². The highest BCUT2D eigenvalue weighted by molar-refractivity contribution is 4.81. The first-order chi connectivity index (χ1) is 15.6. The van der Waals surface area contributed by atoms with Gasteiger partial charge in [-0.15, -0.1) is 6.58 Å². The summed E-state index contributed by atoms with van der Waals surface area (Å²) in [7, 11) is 4.74. The van der Waals surface area contributed by atoms with E-state index in [0.717, 1.165) is 11.0 Å². The molecular weight excluding hydrogens is 388 g/mol. The van der Waals surface area contributed by atoms with Crippen molar-refractivity contribution in [3.05, 3.63) is 24.8 Å². The number of hydrogen-bond acceptors (Lipinski definition) is 1. The first-order valence-electron chi connectivity index (χ1n) is 14.4. The molecule has 0 aromatic carbocycles. The summed E-state index contributed by atoms with van der Waals surface area (Å²) in [5.41, 5.74) is 0. The van der Waals surface area contributed by atoms with Gasteiger partial charge in [0.1, 0.15) is 6.17 Å². The van der Waals surface area contributed by atoms with Gasteiger partial charge in [0.15, 0.2) is 0 Å². The average Bonchev–Trinajstić information content (AvgIpc) is 2.78. The van der Waals surface area contributed by atoms with Gasteiger partial charge in [-0.3, -0.25) is 5.32 Å². The van der Waals surface area contributed by atoms with Gasteiger partial charge in [-0.25, -0.2) is 0 Å². The Morgan fingerprint density at radius 3 is 1.53 bits per heavy atom. The largest absolute Gasteiger partial charge is 0.314 e. The number of nitrogens with one attached hydrogen (secondary N) is 1. The van der Waals surface area contributed by atoms with Crippen LogP contribution in [0.15, 0.2) is 24.8 Å². The van der Waals surface area contributed by atoms with Crippen LogP contribution >= 0.6 is 0 Å². The second-order valence-electron chi connectivity index (χ2n) is 10.5. The Morgan fingerprint density at radius 2 is 1.09 bits per heavy atom. The van der Waals surface area contributed by atoms with E-state index in [2.05, 4.69) is 52.0 Å². The number of nitrogens with zero attached hydrogens (tertiary/aromatic N) is 1. The first kappa shape index (κ1) is 31.4. The van der Waals surface area contributed by atoms with Gasteiger partial charge >= 0.3 is 0 Å². The summed E-state index contributed by atoms with van der Waals surface area (Å²) >= 11 is 0. The summed E-state index contributed by atoms with van der Waals surface area (Å²) in [4.78, 5) is 0. The Morgan fingerprint density at radius 1 is 0.656 bits per heavy atom. The van der Waals surface area contributed by atoms with Crippen molar-refractivity contribution < 1.29 is 4.48 Å². The standard InChI is InChI=1S/C30H61N2/c1-6-9-10-11-12-13-14-15-16-17-18-19-20-21-22-23-24-25-26-27-29-32(4,5)30(8-3)31-28-7-2/h7,15-16,30-31H,2,6,8-14,17-29H2,1,3-5H3/q+1/b16-15-. The highest BCUT2D eigenvalue weighted by atomic mass is 15.4. The van der Waals surface area contributed by atoms with Gasteiger partial charge in [0.25, 0.3) is 0 Å². The monoisotopic (exact) mass is 449 g/mol. The van der Waals surface area contributed by atoms with Crippen LogP contribution in [0.1, 0.15) is 136 Å². The summed E-state index contributed by atoms with van der Waals surface area (Å²) in [6.45, 7) is 10.6. The topological polar surface area (TPSA) is 12.0 Å². The van der Waals surface area contributed by atoms with E-state index in [1.54, 1.807) is 0 Å². The van der Waals surface area contributed by atoms with Crippen molar-refractivity contribution in [2.75, 3.05) is 27.2 Å². The minimum atomic E-state index is 0.545. The number of rotatable bonds is 25. The van der Waals surface area contributed by atoms with Crippen LogP contribution in [0.4, 0.5) is 0 Å². The Hall–Kier alpha value is -0.600. The lowest BCUT2D eigenvalue weighted by molar-refractivity contribution is -0.918. The molecule has 0 saturated heterocycles. The first-order valence-corrected chi connectivity index (χ1v) is 14.4. The van der Waals surface area contributed by atoms with Crippen LogP contribution in [0, 0.1) is 0 Å². The maximum Gasteiger partial charge on any atom is 0.142 e. The Labute approximate surface area is 203 Å². The molecule has 0 aromatic rings. The predicted molar refractivity (Wildman–Crippen MR) is 147 cm³/mol. The third-order valence-corrected chi connectivity index (χ3v) is 6.97. The molecule has 1 N–H and O–H groups in total. The molecule has 0 heterocycles. The van der Waals surface area contributed by atoms with Crippen LogP contribution in [0.5, 0.6) is 0 Å². The van der Waals surface area contributed by atoms with Crippen LogP contribution in [0.25, 0.3) is 0 Å². The van der Waals surface area contributed by atoms with Crippen molar-refractivity contribution >= 4 is 0 Å². The molecule has 1 unspecified atom stereocenters. The van der Waals surface area contributed by atoms with Gasteiger partial charge in [0.05, 0.1) is 20.6 Å². The zero-order chi connectivity index (χ0) is 23.8. The zero-order valence-corrected chi connectivity index (χ0v) is 22.8. The van der Waals surface area contributed by atoms with Gasteiger partial charge in [0, 0.05) is 13.0 Å². The molecule has 0 aromatic heterocycles. The Bertz CT molecular complexity index is 413. The van der Waals surface area contributed by atoms with Crippen LogP contribution in [-0.4, -0.2) is 37.8 Å². The molecule has 0 radical (unpaired) electrons. The van der Waals surface area contributed by atoms with Gasteiger partial charge in [0.2, 0.25) is 0 Å². The fourth-order valence-electron chi connectivity index (χ4n) is 4.73. The normalized spacial score (nSPS) is 13.1. The summed E-state index contributed by atoms with van der Waals surface area (Å²) in [6.07, 6.45) is 33.8. The third kappa shape index (κ3) is 20.0. The fraction of sp³-hybridized carbons (Fsp3) is 0.867. The maximum absolute atomic E-state index is 3.83. The highest BCUT2D eigenvalue weighted by Gasteiger charge is 2.24. The minimum Gasteiger partial charge on any atom is -0.314 e. The van der Waals surface area contributed by atoms with E-state index in [9.17, 15) is 0 Å². The summed E-state index contributed by atoms with van der Waals surface area (Å²) in [5.74, 6) is 0. The van der Waals surface area contributed by atoms with E-state index < -0.39 is 0 Å². The van der Waals surface area contributed by atoms with Crippen molar-refractivity contribution in [2.45, 2.75) is 142 Å². The molecule has 190 valence electrons. The highest BCUT2D eigenvalue weighted by Crippen LogP contribution is 2.14. The maximum atomic E-state index is 3.83. The van der Waals surface area contributed by atoms with Gasteiger partial charge in [-0.05, 0) is 38.5 Å². The lowest BCUT2D eigenvalue weighted by Gasteiger charge is -2.38. The molecule has 2 nitrogen and oxygen atoms in total. The van der Waals surface area contributed by atoms with Crippen molar-refractivity contribution in [1.29, 1.82) is 0 Å². The van der Waals surface area contributed by atoms with Crippen molar-refractivity contribution in [2.24, 2.45) is 0 Å². The van der Waals surface area contributed by atoms with Crippen LogP contribution in [-0.2, 0) is 0 Å². The lowest BCUT2D eigenvalue weighted by atomic mass is 10.0. The summed E-state index contributed by atoms with van der Waals surface area (Å²) in [6, 6.07) is 0. The van der Waals surface area contributed by atoms with Gasteiger partial charge in [-0.1, -0.05) is 109 Å². The van der Waals surface area contributed by atoms with Gasteiger partial charge < -0.3 is 4.48 Å². The molecule has 0 amide bonds. The van der Waals surface area contributed by atoms with E-state index in [-0.39, 0.29) is 0 Å².